The minimum Gasteiger partial charge on any atom is -0.366 e. The van der Waals surface area contributed by atoms with Gasteiger partial charge in [0.2, 0.25) is 0 Å². The zero-order valence-electron chi connectivity index (χ0n) is 10.6. The predicted molar refractivity (Wildman–Crippen MR) is 68.4 cm³/mol. The zero-order chi connectivity index (χ0) is 12.6. The molecule has 0 amide bonds. The molecule has 3 nitrogen and oxygen atoms in total. The molecule has 1 rings (SSSR count). The topological polar surface area (TPSA) is 45.0 Å². The number of hydrogen-bond donors (Lipinski definition) is 1. The molecular formula is C14H20N2O. The molecule has 0 atom stereocenters. The number of rotatable bonds is 7. The van der Waals surface area contributed by atoms with Gasteiger partial charge in [0.15, 0.2) is 0 Å². The third kappa shape index (κ3) is 6.06. The molecule has 3 heteroatoms. The normalized spacial score (nSPS) is 11.1. The summed E-state index contributed by atoms with van der Waals surface area (Å²) in [6.07, 6.45) is 0. The first-order valence-electron chi connectivity index (χ1n) is 5.83. The molecule has 0 saturated carbocycles. The van der Waals surface area contributed by atoms with Crippen molar-refractivity contribution in [1.82, 2.24) is 5.32 Å². The van der Waals surface area contributed by atoms with Gasteiger partial charge in [-0.15, -0.1) is 0 Å². The van der Waals surface area contributed by atoms with Crippen molar-refractivity contribution >= 4 is 0 Å². The highest BCUT2D eigenvalue weighted by Crippen LogP contribution is 2.14. The summed E-state index contributed by atoms with van der Waals surface area (Å²) in [6, 6.07) is 12.3. The fourth-order valence-corrected chi connectivity index (χ4v) is 1.57. The second-order valence-corrected chi connectivity index (χ2v) is 4.90. The molecule has 0 aliphatic carbocycles. The van der Waals surface area contributed by atoms with Crippen LogP contribution in [0.25, 0.3) is 0 Å². The van der Waals surface area contributed by atoms with Crippen LogP contribution in [-0.4, -0.2) is 19.8 Å². The van der Waals surface area contributed by atoms with E-state index in [2.05, 4.69) is 31.3 Å². The van der Waals surface area contributed by atoms with Crippen LogP contribution in [-0.2, 0) is 11.3 Å². The molecule has 92 valence electrons. The fourth-order valence-electron chi connectivity index (χ4n) is 1.57. The third-order valence-electron chi connectivity index (χ3n) is 2.43. The van der Waals surface area contributed by atoms with Crippen LogP contribution in [0.4, 0.5) is 0 Å². The highest BCUT2D eigenvalue weighted by molar-refractivity contribution is 5.14. The standard InChI is InChI=1S/C14H20N2O/c1-14(2,12-17-9-8-15)11-16-10-13-6-4-3-5-7-13/h3-7,16H,9-12H2,1-2H3. The molecule has 17 heavy (non-hydrogen) atoms. The van der Waals surface area contributed by atoms with Crippen molar-refractivity contribution in [1.29, 1.82) is 5.26 Å². The summed E-state index contributed by atoms with van der Waals surface area (Å²) < 4.78 is 5.25. The van der Waals surface area contributed by atoms with Gasteiger partial charge in [-0.3, -0.25) is 0 Å². The fraction of sp³-hybridized carbons (Fsp3) is 0.500. The van der Waals surface area contributed by atoms with Crippen LogP contribution in [0, 0.1) is 16.7 Å². The van der Waals surface area contributed by atoms with E-state index in [4.69, 9.17) is 10.00 Å². The molecule has 0 fully saturated rings. The van der Waals surface area contributed by atoms with Crippen LogP contribution in [0.3, 0.4) is 0 Å². The molecule has 0 saturated heterocycles. The van der Waals surface area contributed by atoms with Crippen molar-refractivity contribution in [3.63, 3.8) is 0 Å². The quantitative estimate of drug-likeness (QED) is 0.734. The summed E-state index contributed by atoms with van der Waals surface area (Å²) in [5, 5.41) is 11.8. The van der Waals surface area contributed by atoms with Crippen molar-refractivity contribution in [3.05, 3.63) is 35.9 Å². The van der Waals surface area contributed by atoms with Gasteiger partial charge in [-0.2, -0.15) is 5.26 Å². The van der Waals surface area contributed by atoms with E-state index < -0.39 is 0 Å². The summed E-state index contributed by atoms with van der Waals surface area (Å²) in [6.45, 7) is 6.76. The Morgan fingerprint density at radius 2 is 2.00 bits per heavy atom. The second kappa shape index (κ2) is 7.05. The van der Waals surface area contributed by atoms with Gasteiger partial charge < -0.3 is 10.1 Å². The lowest BCUT2D eigenvalue weighted by Crippen LogP contribution is -2.33. The second-order valence-electron chi connectivity index (χ2n) is 4.90. The van der Waals surface area contributed by atoms with Crippen molar-refractivity contribution in [2.45, 2.75) is 20.4 Å². The zero-order valence-corrected chi connectivity index (χ0v) is 10.6. The van der Waals surface area contributed by atoms with Crippen LogP contribution in [0.5, 0.6) is 0 Å². The Morgan fingerprint density at radius 1 is 1.29 bits per heavy atom. The summed E-state index contributed by atoms with van der Waals surface area (Å²) in [5.74, 6) is 0. The molecule has 0 spiro atoms. The summed E-state index contributed by atoms with van der Waals surface area (Å²) in [4.78, 5) is 0. The minimum absolute atomic E-state index is 0.0473. The summed E-state index contributed by atoms with van der Waals surface area (Å²) in [7, 11) is 0. The number of ether oxygens (including phenoxy) is 1. The van der Waals surface area contributed by atoms with Gasteiger partial charge in [0, 0.05) is 18.5 Å². The van der Waals surface area contributed by atoms with Gasteiger partial charge in [0.05, 0.1) is 12.7 Å². The molecular weight excluding hydrogens is 212 g/mol. The maximum absolute atomic E-state index is 8.40. The Labute approximate surface area is 103 Å². The average Bonchev–Trinajstić information content (AvgIpc) is 2.30. The number of nitrogens with one attached hydrogen (secondary N) is 1. The Bertz CT molecular complexity index is 354. The predicted octanol–water partition coefficient (Wildman–Crippen LogP) is 2.34. The maximum atomic E-state index is 8.40. The molecule has 0 aliphatic heterocycles. The molecule has 1 N–H and O–H groups in total. The molecule has 0 unspecified atom stereocenters. The van der Waals surface area contributed by atoms with Gasteiger partial charge in [0.1, 0.15) is 6.61 Å². The lowest BCUT2D eigenvalue weighted by Gasteiger charge is -2.24. The summed E-state index contributed by atoms with van der Waals surface area (Å²) in [5.41, 5.74) is 1.33. The van der Waals surface area contributed by atoms with Crippen LogP contribution in [0.2, 0.25) is 0 Å². The Balaban J connectivity index is 2.23. The molecule has 1 aromatic rings. The first-order chi connectivity index (χ1) is 8.14. The van der Waals surface area contributed by atoms with E-state index in [1.54, 1.807) is 0 Å². The highest BCUT2D eigenvalue weighted by Gasteiger charge is 2.17. The molecule has 0 aliphatic rings. The van der Waals surface area contributed by atoms with Crippen LogP contribution >= 0.6 is 0 Å². The van der Waals surface area contributed by atoms with Crippen molar-refractivity contribution in [2.75, 3.05) is 19.8 Å². The van der Waals surface area contributed by atoms with Gasteiger partial charge >= 0.3 is 0 Å². The van der Waals surface area contributed by atoms with Crippen molar-refractivity contribution < 1.29 is 4.74 Å². The van der Waals surface area contributed by atoms with E-state index in [1.165, 1.54) is 5.56 Å². The van der Waals surface area contributed by atoms with Gasteiger partial charge in [0.25, 0.3) is 0 Å². The first-order valence-corrected chi connectivity index (χ1v) is 5.83. The molecule has 0 aromatic heterocycles. The van der Waals surface area contributed by atoms with Crippen LogP contribution < -0.4 is 5.32 Å². The monoisotopic (exact) mass is 232 g/mol. The number of benzene rings is 1. The number of nitriles is 1. The van der Waals surface area contributed by atoms with E-state index in [0.29, 0.717) is 6.61 Å². The van der Waals surface area contributed by atoms with E-state index in [0.717, 1.165) is 13.1 Å². The lowest BCUT2D eigenvalue weighted by atomic mass is 9.95. The highest BCUT2D eigenvalue weighted by atomic mass is 16.5. The largest absolute Gasteiger partial charge is 0.366 e. The Morgan fingerprint density at radius 3 is 2.65 bits per heavy atom. The average molecular weight is 232 g/mol. The van der Waals surface area contributed by atoms with Crippen LogP contribution in [0.1, 0.15) is 19.4 Å². The van der Waals surface area contributed by atoms with Crippen molar-refractivity contribution in [2.24, 2.45) is 5.41 Å². The van der Waals surface area contributed by atoms with Gasteiger partial charge in [-0.05, 0) is 5.56 Å². The van der Waals surface area contributed by atoms with E-state index in [9.17, 15) is 0 Å². The third-order valence-corrected chi connectivity index (χ3v) is 2.43. The molecule has 0 heterocycles. The molecule has 1 aromatic carbocycles. The maximum Gasteiger partial charge on any atom is 0.133 e. The number of nitrogens with zero attached hydrogens (tertiary/aromatic N) is 1. The van der Waals surface area contributed by atoms with Gasteiger partial charge in [-0.25, -0.2) is 0 Å². The minimum atomic E-state index is 0.0473. The lowest BCUT2D eigenvalue weighted by molar-refractivity contribution is 0.0824. The smallest absolute Gasteiger partial charge is 0.133 e. The Kier molecular flexibility index (Phi) is 5.68. The molecule has 0 radical (unpaired) electrons. The molecule has 0 bridgehead atoms. The van der Waals surface area contributed by atoms with E-state index in [1.807, 2.05) is 24.3 Å². The van der Waals surface area contributed by atoms with E-state index in [-0.39, 0.29) is 12.0 Å². The Hall–Kier alpha value is -1.37. The summed E-state index contributed by atoms with van der Waals surface area (Å²) >= 11 is 0. The van der Waals surface area contributed by atoms with Crippen LogP contribution in [0.15, 0.2) is 30.3 Å². The number of hydrogen-bond acceptors (Lipinski definition) is 3. The van der Waals surface area contributed by atoms with Crippen molar-refractivity contribution in [3.8, 4) is 6.07 Å². The van der Waals surface area contributed by atoms with Gasteiger partial charge in [-0.1, -0.05) is 44.2 Å². The SMILES string of the molecule is CC(C)(CNCc1ccccc1)COCC#N. The van der Waals surface area contributed by atoms with E-state index >= 15 is 0 Å². The first kappa shape index (κ1) is 13.7.